The van der Waals surface area contributed by atoms with Gasteiger partial charge in [0.1, 0.15) is 0 Å². The normalized spacial score (nSPS) is 12.9. The summed E-state index contributed by atoms with van der Waals surface area (Å²) in [5.74, 6) is 1.18. The molecular formula is C18H17ClN2O5S. The molecule has 0 aliphatic carbocycles. The fourth-order valence-electron chi connectivity index (χ4n) is 2.45. The number of ether oxygens (including phenoxy) is 2. The molecule has 0 fully saturated rings. The minimum Gasteiger partial charge on any atom is -0.489 e. The van der Waals surface area contributed by atoms with E-state index < -0.39 is 4.92 Å². The summed E-state index contributed by atoms with van der Waals surface area (Å²) in [7, 11) is 0. The summed E-state index contributed by atoms with van der Waals surface area (Å²) in [4.78, 5) is 23.0. The standard InChI is InChI=1S/C18H17ClN2O5S/c19-15-8-12(9-16-18(15)26-7-1-6-25-16)10-20-17(22)11-27-14-4-2-13(3-5-14)21(23)24/h2-5,8-9H,1,6-7,10-11H2,(H,20,22). The van der Waals surface area contributed by atoms with Crippen LogP contribution < -0.4 is 14.8 Å². The van der Waals surface area contributed by atoms with Crippen LogP contribution in [0.4, 0.5) is 5.69 Å². The molecule has 142 valence electrons. The number of fused-ring (bicyclic) bond motifs is 1. The fraction of sp³-hybridized carbons (Fsp3) is 0.278. The zero-order chi connectivity index (χ0) is 19.2. The molecule has 7 nitrogen and oxygen atoms in total. The number of benzene rings is 2. The number of nitro benzene ring substituents is 1. The summed E-state index contributed by atoms with van der Waals surface area (Å²) in [6.45, 7) is 1.43. The number of carbonyl (C=O) groups is 1. The Morgan fingerprint density at radius 1 is 1.22 bits per heavy atom. The van der Waals surface area contributed by atoms with Gasteiger partial charge >= 0.3 is 0 Å². The lowest BCUT2D eigenvalue weighted by Crippen LogP contribution is -2.24. The third kappa shape index (κ3) is 5.27. The van der Waals surface area contributed by atoms with Gasteiger partial charge in [-0.25, -0.2) is 0 Å². The second-order valence-corrected chi connectivity index (χ2v) is 7.23. The van der Waals surface area contributed by atoms with Crippen molar-refractivity contribution in [3.05, 3.63) is 57.1 Å². The van der Waals surface area contributed by atoms with Crippen LogP contribution in [0.25, 0.3) is 0 Å². The van der Waals surface area contributed by atoms with Gasteiger partial charge < -0.3 is 14.8 Å². The van der Waals surface area contributed by atoms with E-state index in [2.05, 4.69) is 5.32 Å². The van der Waals surface area contributed by atoms with Gasteiger partial charge in [-0.1, -0.05) is 11.6 Å². The highest BCUT2D eigenvalue weighted by Crippen LogP contribution is 2.37. The molecule has 0 saturated carbocycles. The van der Waals surface area contributed by atoms with E-state index in [0.29, 0.717) is 36.3 Å². The van der Waals surface area contributed by atoms with Gasteiger partial charge in [0.15, 0.2) is 11.5 Å². The molecule has 1 amide bonds. The summed E-state index contributed by atoms with van der Waals surface area (Å²) in [6, 6.07) is 9.65. The number of nitrogens with one attached hydrogen (secondary N) is 1. The van der Waals surface area contributed by atoms with E-state index in [1.165, 1.54) is 23.9 Å². The van der Waals surface area contributed by atoms with E-state index in [-0.39, 0.29) is 17.3 Å². The number of hydrogen-bond donors (Lipinski definition) is 1. The van der Waals surface area contributed by atoms with Crippen molar-refractivity contribution in [1.29, 1.82) is 0 Å². The molecular weight excluding hydrogens is 392 g/mol. The average Bonchev–Trinajstić information content (AvgIpc) is 2.91. The van der Waals surface area contributed by atoms with Crippen LogP contribution >= 0.6 is 23.4 Å². The lowest BCUT2D eigenvalue weighted by molar-refractivity contribution is -0.384. The Balaban J connectivity index is 1.52. The Morgan fingerprint density at radius 3 is 2.70 bits per heavy atom. The molecule has 27 heavy (non-hydrogen) atoms. The van der Waals surface area contributed by atoms with Crippen molar-refractivity contribution in [3.8, 4) is 11.5 Å². The van der Waals surface area contributed by atoms with Crippen LogP contribution in [-0.2, 0) is 11.3 Å². The minimum absolute atomic E-state index is 0.0232. The Labute approximate surface area is 165 Å². The van der Waals surface area contributed by atoms with Crippen LogP contribution in [0.3, 0.4) is 0 Å². The molecule has 1 aliphatic rings. The van der Waals surface area contributed by atoms with Crippen molar-refractivity contribution in [3.63, 3.8) is 0 Å². The zero-order valence-corrected chi connectivity index (χ0v) is 15.8. The van der Waals surface area contributed by atoms with Crippen molar-refractivity contribution in [2.75, 3.05) is 19.0 Å². The molecule has 1 heterocycles. The topological polar surface area (TPSA) is 90.7 Å². The SMILES string of the molecule is O=C(CSc1ccc([N+](=O)[O-])cc1)NCc1cc(Cl)c2c(c1)OCCCO2. The molecule has 0 aromatic heterocycles. The molecule has 0 bridgehead atoms. The Bertz CT molecular complexity index is 844. The van der Waals surface area contributed by atoms with Crippen molar-refractivity contribution in [2.45, 2.75) is 17.9 Å². The highest BCUT2D eigenvalue weighted by Gasteiger charge is 2.16. The number of amides is 1. The molecule has 0 spiro atoms. The van der Waals surface area contributed by atoms with Gasteiger partial charge in [0, 0.05) is 30.0 Å². The fourth-order valence-corrected chi connectivity index (χ4v) is 3.47. The Morgan fingerprint density at radius 2 is 1.96 bits per heavy atom. The van der Waals surface area contributed by atoms with Crippen LogP contribution in [0.2, 0.25) is 5.02 Å². The maximum absolute atomic E-state index is 12.1. The second-order valence-electron chi connectivity index (χ2n) is 5.77. The first-order valence-electron chi connectivity index (χ1n) is 8.25. The summed E-state index contributed by atoms with van der Waals surface area (Å²) < 4.78 is 11.2. The highest BCUT2D eigenvalue weighted by molar-refractivity contribution is 8.00. The number of halogens is 1. The molecule has 9 heteroatoms. The van der Waals surface area contributed by atoms with Gasteiger partial charge in [-0.3, -0.25) is 14.9 Å². The van der Waals surface area contributed by atoms with Gasteiger partial charge in [0.25, 0.3) is 5.69 Å². The van der Waals surface area contributed by atoms with Crippen molar-refractivity contribution in [1.82, 2.24) is 5.32 Å². The van der Waals surface area contributed by atoms with Crippen molar-refractivity contribution < 1.29 is 19.2 Å². The smallest absolute Gasteiger partial charge is 0.269 e. The number of nitrogens with zero attached hydrogens (tertiary/aromatic N) is 1. The van der Waals surface area contributed by atoms with E-state index in [1.54, 1.807) is 18.2 Å². The minimum atomic E-state index is -0.457. The zero-order valence-electron chi connectivity index (χ0n) is 14.3. The van der Waals surface area contributed by atoms with E-state index in [4.69, 9.17) is 21.1 Å². The quantitative estimate of drug-likeness (QED) is 0.444. The molecule has 1 N–H and O–H groups in total. The summed E-state index contributed by atoms with van der Waals surface area (Å²) in [5, 5.41) is 13.9. The summed E-state index contributed by atoms with van der Waals surface area (Å²) in [6.07, 6.45) is 0.789. The third-order valence-electron chi connectivity index (χ3n) is 3.77. The van der Waals surface area contributed by atoms with E-state index in [0.717, 1.165) is 16.9 Å². The molecule has 2 aromatic rings. The summed E-state index contributed by atoms with van der Waals surface area (Å²) in [5.41, 5.74) is 0.841. The Hall–Kier alpha value is -2.45. The second kappa shape index (κ2) is 8.96. The van der Waals surface area contributed by atoms with Crippen LogP contribution in [0, 0.1) is 10.1 Å². The lowest BCUT2D eigenvalue weighted by Gasteiger charge is -2.12. The van der Waals surface area contributed by atoms with Gasteiger partial charge in [-0.05, 0) is 29.8 Å². The largest absolute Gasteiger partial charge is 0.489 e. The third-order valence-corrected chi connectivity index (χ3v) is 5.06. The highest BCUT2D eigenvalue weighted by atomic mass is 35.5. The maximum Gasteiger partial charge on any atom is 0.269 e. The Kier molecular flexibility index (Phi) is 6.41. The predicted octanol–water partition coefficient (Wildman–Crippen LogP) is 3.82. The van der Waals surface area contributed by atoms with Crippen molar-refractivity contribution >= 4 is 35.0 Å². The molecule has 0 saturated heterocycles. The molecule has 0 atom stereocenters. The van der Waals surface area contributed by atoms with Gasteiger partial charge in [-0.15, -0.1) is 11.8 Å². The molecule has 0 radical (unpaired) electrons. The van der Waals surface area contributed by atoms with Gasteiger partial charge in [0.05, 0.1) is 28.9 Å². The van der Waals surface area contributed by atoms with Crippen LogP contribution in [0.5, 0.6) is 11.5 Å². The van der Waals surface area contributed by atoms with Crippen LogP contribution in [0.1, 0.15) is 12.0 Å². The summed E-state index contributed by atoms with van der Waals surface area (Å²) >= 11 is 7.55. The van der Waals surface area contributed by atoms with E-state index >= 15 is 0 Å². The maximum atomic E-state index is 12.1. The lowest BCUT2D eigenvalue weighted by atomic mass is 10.2. The average molecular weight is 409 g/mol. The van der Waals surface area contributed by atoms with Crippen molar-refractivity contribution in [2.24, 2.45) is 0 Å². The number of non-ortho nitro benzene ring substituents is 1. The number of carbonyl (C=O) groups excluding carboxylic acids is 1. The van der Waals surface area contributed by atoms with E-state index in [9.17, 15) is 14.9 Å². The van der Waals surface area contributed by atoms with Gasteiger partial charge in [-0.2, -0.15) is 0 Å². The molecule has 2 aromatic carbocycles. The van der Waals surface area contributed by atoms with E-state index in [1.807, 2.05) is 6.07 Å². The number of nitro groups is 1. The monoisotopic (exact) mass is 408 g/mol. The first-order valence-corrected chi connectivity index (χ1v) is 9.61. The number of hydrogen-bond acceptors (Lipinski definition) is 6. The molecule has 0 unspecified atom stereocenters. The predicted molar refractivity (Wildman–Crippen MR) is 103 cm³/mol. The number of thioether (sulfide) groups is 1. The molecule has 1 aliphatic heterocycles. The van der Waals surface area contributed by atoms with Crippen LogP contribution in [0.15, 0.2) is 41.3 Å². The first kappa shape index (κ1) is 19.3. The molecule has 3 rings (SSSR count). The first-order chi connectivity index (χ1) is 13.0. The number of rotatable bonds is 6. The van der Waals surface area contributed by atoms with Crippen LogP contribution in [-0.4, -0.2) is 29.8 Å². The van der Waals surface area contributed by atoms with Gasteiger partial charge in [0.2, 0.25) is 5.91 Å².